The smallest absolute Gasteiger partial charge is 0.376 e. The predicted octanol–water partition coefficient (Wildman–Crippen LogP) is 2.36. The van der Waals surface area contributed by atoms with Crippen LogP contribution in [0.15, 0.2) is 18.2 Å². The second-order valence-electron chi connectivity index (χ2n) is 2.89. The Morgan fingerprint density at radius 2 is 1.81 bits per heavy atom. The van der Waals surface area contributed by atoms with Crippen molar-refractivity contribution in [1.29, 1.82) is 0 Å². The van der Waals surface area contributed by atoms with Gasteiger partial charge in [0.05, 0.1) is 0 Å². The first-order valence-corrected chi connectivity index (χ1v) is 5.31. The molecule has 0 atom stereocenters. The van der Waals surface area contributed by atoms with Crippen LogP contribution in [0.25, 0.3) is 0 Å². The summed E-state index contributed by atoms with van der Waals surface area (Å²) in [5, 5.41) is 0. The molecule has 0 unspecified atom stereocenters. The number of halogens is 4. The number of hydrogen-bond donors (Lipinski definition) is 0. The molecule has 3 nitrogen and oxygen atoms in total. The van der Waals surface area contributed by atoms with E-state index in [4.69, 9.17) is 0 Å². The van der Waals surface area contributed by atoms with E-state index in [1.54, 1.807) is 0 Å². The standard InChI is InChI=1S/C8H6F4O3S/c1-5-2-3-6(9)4-7(5)15-16(13,14)8(10,11)12/h2-4H,1H3/i9-1. The van der Waals surface area contributed by atoms with Crippen LogP contribution < -0.4 is 4.18 Å². The Bertz CT molecular complexity index is 492. The SMILES string of the molecule is Cc1ccc([18F])cc1OS(=O)(=O)C(F)(F)F. The largest absolute Gasteiger partial charge is 0.534 e. The molecule has 0 aliphatic rings. The zero-order valence-corrected chi connectivity index (χ0v) is 8.69. The van der Waals surface area contributed by atoms with Crippen molar-refractivity contribution in [2.75, 3.05) is 0 Å². The van der Waals surface area contributed by atoms with Crippen LogP contribution in [-0.4, -0.2) is 13.9 Å². The molecule has 8 heteroatoms. The van der Waals surface area contributed by atoms with Crippen molar-refractivity contribution in [3.05, 3.63) is 29.6 Å². The quantitative estimate of drug-likeness (QED) is 0.464. The van der Waals surface area contributed by atoms with Gasteiger partial charge >= 0.3 is 15.6 Å². The van der Waals surface area contributed by atoms with Crippen LogP contribution in [0.2, 0.25) is 0 Å². The van der Waals surface area contributed by atoms with Crippen molar-refractivity contribution >= 4 is 10.1 Å². The summed E-state index contributed by atoms with van der Waals surface area (Å²) in [7, 11) is -5.76. The van der Waals surface area contributed by atoms with E-state index in [1.165, 1.54) is 6.92 Å². The zero-order valence-electron chi connectivity index (χ0n) is 7.88. The molecular formula is C8H6F4O3S. The van der Waals surface area contributed by atoms with Gasteiger partial charge in [-0.2, -0.15) is 21.6 Å². The highest BCUT2D eigenvalue weighted by Gasteiger charge is 2.48. The third-order valence-electron chi connectivity index (χ3n) is 1.63. The molecule has 0 saturated heterocycles. The van der Waals surface area contributed by atoms with Crippen molar-refractivity contribution < 1.29 is 30.2 Å². The second kappa shape index (κ2) is 3.93. The van der Waals surface area contributed by atoms with Crippen LogP contribution in [0.1, 0.15) is 5.56 Å². The lowest BCUT2D eigenvalue weighted by molar-refractivity contribution is -0.0500. The maximum atomic E-state index is 12.7. The highest BCUT2D eigenvalue weighted by molar-refractivity contribution is 7.88. The van der Waals surface area contributed by atoms with Crippen molar-refractivity contribution in [2.45, 2.75) is 12.4 Å². The van der Waals surface area contributed by atoms with E-state index in [9.17, 15) is 26.0 Å². The van der Waals surface area contributed by atoms with Crippen molar-refractivity contribution in [1.82, 2.24) is 0 Å². The minimum Gasteiger partial charge on any atom is -0.376 e. The van der Waals surface area contributed by atoms with Gasteiger partial charge in [-0.15, -0.1) is 0 Å². The summed E-state index contributed by atoms with van der Waals surface area (Å²) in [5.41, 5.74) is -5.46. The molecule has 0 amide bonds. The lowest BCUT2D eigenvalue weighted by atomic mass is 10.2. The van der Waals surface area contributed by atoms with Gasteiger partial charge in [-0.25, -0.2) is 4.39 Å². The Kier molecular flexibility index (Phi) is 3.13. The van der Waals surface area contributed by atoms with Gasteiger partial charge in [-0.05, 0) is 18.6 Å². The number of rotatable bonds is 2. The molecule has 16 heavy (non-hydrogen) atoms. The van der Waals surface area contributed by atoms with Gasteiger partial charge in [0.1, 0.15) is 11.6 Å². The van der Waals surface area contributed by atoms with Crippen molar-refractivity contribution in [3.8, 4) is 5.75 Å². The van der Waals surface area contributed by atoms with Crippen LogP contribution in [0.4, 0.5) is 17.6 Å². The maximum Gasteiger partial charge on any atom is 0.534 e. The Labute approximate surface area is 88.8 Å². The molecule has 0 aliphatic carbocycles. The van der Waals surface area contributed by atoms with Gasteiger partial charge in [0.25, 0.3) is 0 Å². The molecule has 1 aromatic rings. The highest BCUT2D eigenvalue weighted by atomic mass is 32.2. The average Bonchev–Trinajstić information content (AvgIpc) is 2.09. The molecule has 0 saturated carbocycles. The number of benzene rings is 1. The summed E-state index contributed by atoms with van der Waals surface area (Å²) >= 11 is 0. The molecule has 1 rings (SSSR count). The normalized spacial score (nSPS) is 12.6. The van der Waals surface area contributed by atoms with Gasteiger partial charge < -0.3 is 4.18 Å². The minimum atomic E-state index is -5.76. The molecule has 0 aromatic heterocycles. The molecule has 0 fully saturated rings. The molecule has 0 N–H and O–H groups in total. The Morgan fingerprint density at radius 3 is 2.31 bits per heavy atom. The van der Waals surface area contributed by atoms with E-state index >= 15 is 0 Å². The Morgan fingerprint density at radius 1 is 1.25 bits per heavy atom. The predicted molar refractivity (Wildman–Crippen MR) is 46.7 cm³/mol. The summed E-state index contributed by atoms with van der Waals surface area (Å²) in [6.45, 7) is 1.29. The summed E-state index contributed by atoms with van der Waals surface area (Å²) in [5.74, 6) is -1.57. The fraction of sp³-hybridized carbons (Fsp3) is 0.250. The monoisotopic (exact) mass is 257 g/mol. The lowest BCUT2D eigenvalue weighted by Crippen LogP contribution is -2.28. The Balaban J connectivity index is 3.11. The van der Waals surface area contributed by atoms with Gasteiger partial charge in [0.15, 0.2) is 0 Å². The maximum absolute atomic E-state index is 12.7. The molecule has 0 heterocycles. The summed E-state index contributed by atoms with van der Waals surface area (Å²) < 4.78 is 73.5. The average molecular weight is 257 g/mol. The van der Waals surface area contributed by atoms with E-state index in [0.717, 1.165) is 12.1 Å². The first-order valence-electron chi connectivity index (χ1n) is 3.90. The third kappa shape index (κ3) is 2.63. The molecule has 0 bridgehead atoms. The molecule has 0 aliphatic heterocycles. The van der Waals surface area contributed by atoms with Crippen LogP contribution in [0.5, 0.6) is 5.75 Å². The molecule has 90 valence electrons. The minimum absolute atomic E-state index is 0.0780. The van der Waals surface area contributed by atoms with E-state index in [1.807, 2.05) is 0 Å². The van der Waals surface area contributed by atoms with E-state index in [2.05, 4.69) is 4.18 Å². The van der Waals surface area contributed by atoms with E-state index in [0.29, 0.717) is 6.07 Å². The molecule has 0 radical (unpaired) electrons. The number of hydrogen-bond acceptors (Lipinski definition) is 3. The van der Waals surface area contributed by atoms with Crippen LogP contribution in [0.3, 0.4) is 0 Å². The van der Waals surface area contributed by atoms with Gasteiger partial charge in [0.2, 0.25) is 0 Å². The molecular weight excluding hydrogens is 251 g/mol. The van der Waals surface area contributed by atoms with Crippen molar-refractivity contribution in [2.24, 2.45) is 0 Å². The summed E-state index contributed by atoms with van der Waals surface area (Å²) in [4.78, 5) is 0. The number of aryl methyl sites for hydroxylation is 1. The zero-order chi connectivity index (χ0) is 12.6. The third-order valence-corrected chi connectivity index (χ3v) is 2.60. The summed E-state index contributed by atoms with van der Waals surface area (Å²) in [6, 6.07) is 2.65. The second-order valence-corrected chi connectivity index (χ2v) is 4.43. The van der Waals surface area contributed by atoms with Gasteiger partial charge in [0, 0.05) is 6.07 Å². The highest BCUT2D eigenvalue weighted by Crippen LogP contribution is 2.28. The van der Waals surface area contributed by atoms with Gasteiger partial charge in [-0.1, -0.05) is 6.07 Å². The topological polar surface area (TPSA) is 43.4 Å². The fourth-order valence-corrected chi connectivity index (χ4v) is 1.34. The van der Waals surface area contributed by atoms with Crippen LogP contribution in [0, 0.1) is 12.7 Å². The lowest BCUT2D eigenvalue weighted by Gasteiger charge is -2.10. The molecule has 0 spiro atoms. The van der Waals surface area contributed by atoms with Gasteiger partial charge in [-0.3, -0.25) is 0 Å². The first kappa shape index (κ1) is 12.8. The van der Waals surface area contributed by atoms with E-state index < -0.39 is 27.2 Å². The molecule has 1 aromatic carbocycles. The van der Waals surface area contributed by atoms with Crippen molar-refractivity contribution in [3.63, 3.8) is 0 Å². The Hall–Kier alpha value is -1.31. The summed E-state index contributed by atoms with van der Waals surface area (Å²) in [6.07, 6.45) is 0. The van der Waals surface area contributed by atoms with Crippen LogP contribution in [-0.2, 0) is 10.1 Å². The van der Waals surface area contributed by atoms with Crippen LogP contribution >= 0.6 is 0 Å². The fourth-order valence-electron chi connectivity index (χ4n) is 0.829. The first-order chi connectivity index (χ1) is 7.13. The number of alkyl halides is 3. The van der Waals surface area contributed by atoms with E-state index in [-0.39, 0.29) is 5.56 Å².